The number of aromatic amines is 1. The molecule has 0 spiro atoms. The van der Waals surface area contributed by atoms with Crippen LogP contribution in [-0.4, -0.2) is 13.4 Å². The lowest BCUT2D eigenvalue weighted by Gasteiger charge is -2.15. The molecule has 2 aromatic carbocycles. The summed E-state index contributed by atoms with van der Waals surface area (Å²) in [6.45, 7) is 5.88. The molecule has 1 aliphatic rings. The van der Waals surface area contributed by atoms with Crippen molar-refractivity contribution in [2.45, 2.75) is 51.3 Å². The number of hydrogen-bond donors (Lipinski definition) is 2. The average Bonchev–Trinajstić information content (AvgIpc) is 2.96. The number of benzene rings is 2. The van der Waals surface area contributed by atoms with Gasteiger partial charge in [-0.05, 0) is 81.3 Å². The minimum atomic E-state index is -3.63. The van der Waals surface area contributed by atoms with Crippen molar-refractivity contribution in [3.63, 3.8) is 0 Å². The summed E-state index contributed by atoms with van der Waals surface area (Å²) in [4.78, 5) is 3.77. The largest absolute Gasteiger partial charge is 0.358 e. The molecule has 0 saturated heterocycles. The number of hydrogen-bond acceptors (Lipinski definition) is 2. The first-order valence-electron chi connectivity index (χ1n) is 9.09. The second-order valence-electron chi connectivity index (χ2n) is 7.38. The SMILES string of the molecule is Cc1cc(C)c(NS(=O)(=O)c2ccc3[nH]c4c(c3c2)CCCC4)c(C)c1. The third kappa shape index (κ3) is 2.90. The van der Waals surface area contributed by atoms with Gasteiger partial charge in [-0.25, -0.2) is 8.42 Å². The van der Waals surface area contributed by atoms with Crippen molar-refractivity contribution in [2.75, 3.05) is 4.72 Å². The third-order valence-electron chi connectivity index (χ3n) is 5.29. The fraction of sp³-hybridized carbons (Fsp3) is 0.333. The summed E-state index contributed by atoms with van der Waals surface area (Å²) < 4.78 is 28.8. The molecule has 1 aliphatic carbocycles. The molecule has 4 nitrogen and oxygen atoms in total. The second kappa shape index (κ2) is 6.16. The molecule has 0 saturated carbocycles. The van der Waals surface area contributed by atoms with Crippen molar-refractivity contribution in [3.05, 3.63) is 58.3 Å². The van der Waals surface area contributed by atoms with Crippen LogP contribution in [0.3, 0.4) is 0 Å². The van der Waals surface area contributed by atoms with Gasteiger partial charge in [0.25, 0.3) is 10.0 Å². The maximum absolute atomic E-state index is 13.0. The van der Waals surface area contributed by atoms with Crippen LogP contribution in [0.4, 0.5) is 5.69 Å². The molecule has 2 N–H and O–H groups in total. The first-order valence-corrected chi connectivity index (χ1v) is 10.6. The fourth-order valence-electron chi connectivity index (χ4n) is 4.09. The van der Waals surface area contributed by atoms with E-state index in [-0.39, 0.29) is 0 Å². The first-order chi connectivity index (χ1) is 12.3. The predicted molar refractivity (Wildman–Crippen MR) is 106 cm³/mol. The second-order valence-corrected chi connectivity index (χ2v) is 9.06. The first kappa shape index (κ1) is 17.2. The van der Waals surface area contributed by atoms with E-state index < -0.39 is 10.0 Å². The van der Waals surface area contributed by atoms with E-state index >= 15 is 0 Å². The monoisotopic (exact) mass is 368 g/mol. The van der Waals surface area contributed by atoms with E-state index in [1.54, 1.807) is 6.07 Å². The fourth-order valence-corrected chi connectivity index (χ4v) is 5.32. The summed E-state index contributed by atoms with van der Waals surface area (Å²) in [6.07, 6.45) is 4.42. The Hall–Kier alpha value is -2.27. The maximum atomic E-state index is 13.0. The highest BCUT2D eigenvalue weighted by Gasteiger charge is 2.20. The van der Waals surface area contributed by atoms with Gasteiger partial charge in [0.2, 0.25) is 0 Å². The Morgan fingerprint density at radius 3 is 2.38 bits per heavy atom. The highest BCUT2D eigenvalue weighted by Crippen LogP contribution is 2.32. The number of sulfonamides is 1. The van der Waals surface area contributed by atoms with Gasteiger partial charge in [0, 0.05) is 16.6 Å². The molecule has 0 unspecified atom stereocenters. The van der Waals surface area contributed by atoms with Gasteiger partial charge >= 0.3 is 0 Å². The number of aromatic nitrogens is 1. The summed E-state index contributed by atoms with van der Waals surface area (Å²) in [5.74, 6) is 0. The van der Waals surface area contributed by atoms with Crippen LogP contribution < -0.4 is 4.72 Å². The summed E-state index contributed by atoms with van der Waals surface area (Å²) in [5, 5.41) is 1.04. The van der Waals surface area contributed by atoms with Gasteiger partial charge in [0.15, 0.2) is 0 Å². The van der Waals surface area contributed by atoms with Gasteiger partial charge in [0.05, 0.1) is 10.6 Å². The molecule has 0 atom stereocenters. The van der Waals surface area contributed by atoms with Crippen molar-refractivity contribution in [1.29, 1.82) is 0 Å². The highest BCUT2D eigenvalue weighted by molar-refractivity contribution is 7.92. The molecule has 0 aliphatic heterocycles. The molecule has 1 heterocycles. The Morgan fingerprint density at radius 1 is 0.962 bits per heavy atom. The molecule has 136 valence electrons. The Labute approximate surface area is 154 Å². The van der Waals surface area contributed by atoms with Crippen LogP contribution in [0.25, 0.3) is 10.9 Å². The Morgan fingerprint density at radius 2 is 1.65 bits per heavy atom. The summed E-state index contributed by atoms with van der Waals surface area (Å²) in [6, 6.07) is 9.38. The van der Waals surface area contributed by atoms with Crippen LogP contribution in [0.15, 0.2) is 35.2 Å². The molecule has 3 aromatic rings. The molecular weight excluding hydrogens is 344 g/mol. The zero-order chi connectivity index (χ0) is 18.5. The summed E-state index contributed by atoms with van der Waals surface area (Å²) in [5.41, 5.74) is 7.25. The molecule has 0 amide bonds. The van der Waals surface area contributed by atoms with Crippen LogP contribution >= 0.6 is 0 Å². The van der Waals surface area contributed by atoms with Crippen LogP contribution in [0, 0.1) is 20.8 Å². The van der Waals surface area contributed by atoms with Gasteiger partial charge in [-0.2, -0.15) is 0 Å². The topological polar surface area (TPSA) is 62.0 Å². The lowest BCUT2D eigenvalue weighted by molar-refractivity contribution is 0.601. The van der Waals surface area contributed by atoms with E-state index in [0.29, 0.717) is 10.6 Å². The zero-order valence-corrected chi connectivity index (χ0v) is 16.3. The van der Waals surface area contributed by atoms with Crippen molar-refractivity contribution >= 4 is 26.6 Å². The molecule has 5 heteroatoms. The van der Waals surface area contributed by atoms with Crippen LogP contribution in [0.2, 0.25) is 0 Å². The molecule has 26 heavy (non-hydrogen) atoms. The number of fused-ring (bicyclic) bond motifs is 3. The number of aryl methyl sites for hydroxylation is 5. The van der Waals surface area contributed by atoms with E-state index in [2.05, 4.69) is 9.71 Å². The lowest BCUT2D eigenvalue weighted by atomic mass is 9.96. The molecule has 0 radical (unpaired) electrons. The predicted octanol–water partition coefficient (Wildman–Crippen LogP) is 4.77. The Balaban J connectivity index is 1.76. The Kier molecular flexibility index (Phi) is 4.07. The molecule has 0 bridgehead atoms. The quantitative estimate of drug-likeness (QED) is 0.699. The van der Waals surface area contributed by atoms with E-state index in [9.17, 15) is 8.42 Å². The number of H-pyrrole nitrogens is 1. The van der Waals surface area contributed by atoms with Gasteiger partial charge in [-0.15, -0.1) is 0 Å². The lowest BCUT2D eigenvalue weighted by Crippen LogP contribution is -2.15. The highest BCUT2D eigenvalue weighted by atomic mass is 32.2. The van der Waals surface area contributed by atoms with Crippen molar-refractivity contribution in [2.24, 2.45) is 0 Å². The van der Waals surface area contributed by atoms with Crippen molar-refractivity contribution in [1.82, 2.24) is 4.98 Å². The van der Waals surface area contributed by atoms with Crippen LogP contribution in [0.1, 0.15) is 40.8 Å². The van der Waals surface area contributed by atoms with E-state index in [0.717, 1.165) is 46.9 Å². The van der Waals surface area contributed by atoms with Gasteiger partial charge < -0.3 is 4.98 Å². The van der Waals surface area contributed by atoms with Crippen LogP contribution in [-0.2, 0) is 22.9 Å². The van der Waals surface area contributed by atoms with E-state index in [1.807, 2.05) is 45.0 Å². The number of nitrogens with one attached hydrogen (secondary N) is 2. The minimum absolute atomic E-state index is 0.316. The number of anilines is 1. The minimum Gasteiger partial charge on any atom is -0.358 e. The normalized spacial score (nSPS) is 14.4. The molecular formula is C21H24N2O2S. The number of rotatable bonds is 3. The zero-order valence-electron chi connectivity index (χ0n) is 15.4. The van der Waals surface area contributed by atoms with E-state index in [4.69, 9.17) is 0 Å². The molecule has 1 aromatic heterocycles. The van der Waals surface area contributed by atoms with E-state index in [1.165, 1.54) is 17.7 Å². The van der Waals surface area contributed by atoms with Gasteiger partial charge in [0.1, 0.15) is 0 Å². The standard InChI is InChI=1S/C21H24N2O2S/c1-13-10-14(2)21(15(3)11-13)23-26(24,25)16-8-9-20-18(12-16)17-6-4-5-7-19(17)22-20/h8-12,22-23H,4-7H2,1-3H3. The van der Waals surface area contributed by atoms with Gasteiger partial charge in [-0.1, -0.05) is 17.7 Å². The maximum Gasteiger partial charge on any atom is 0.261 e. The van der Waals surface area contributed by atoms with Crippen molar-refractivity contribution < 1.29 is 8.42 Å². The van der Waals surface area contributed by atoms with Gasteiger partial charge in [-0.3, -0.25) is 4.72 Å². The average molecular weight is 369 g/mol. The molecule has 0 fully saturated rings. The van der Waals surface area contributed by atoms with Crippen LogP contribution in [0.5, 0.6) is 0 Å². The summed E-state index contributed by atoms with van der Waals surface area (Å²) in [7, 11) is -3.63. The van der Waals surface area contributed by atoms with Crippen molar-refractivity contribution in [3.8, 4) is 0 Å². The smallest absolute Gasteiger partial charge is 0.261 e. The Bertz CT molecular complexity index is 1090. The molecule has 4 rings (SSSR count). The third-order valence-corrected chi connectivity index (χ3v) is 6.64. The summed E-state index contributed by atoms with van der Waals surface area (Å²) >= 11 is 0.